The van der Waals surface area contributed by atoms with Crippen LogP contribution < -0.4 is 4.90 Å². The SMILES string of the molecule is O=C(O)c1cnc(N2CCOC3(CCCC3)C2)cn1. The Labute approximate surface area is 111 Å². The number of carboxylic acid groups (broad SMARTS) is 1. The molecule has 1 aromatic heterocycles. The van der Waals surface area contributed by atoms with Crippen LogP contribution in [-0.2, 0) is 4.74 Å². The van der Waals surface area contributed by atoms with Crippen LogP contribution in [0.1, 0.15) is 36.2 Å². The van der Waals surface area contributed by atoms with E-state index in [2.05, 4.69) is 14.9 Å². The van der Waals surface area contributed by atoms with Crippen molar-refractivity contribution in [1.82, 2.24) is 9.97 Å². The van der Waals surface area contributed by atoms with E-state index < -0.39 is 5.97 Å². The first-order valence-electron chi connectivity index (χ1n) is 6.63. The molecule has 19 heavy (non-hydrogen) atoms. The molecule has 1 N–H and O–H groups in total. The molecule has 6 heteroatoms. The minimum atomic E-state index is -1.05. The number of rotatable bonds is 2. The standard InChI is InChI=1S/C13H17N3O3/c17-12(18)10-7-15-11(8-14-10)16-5-6-19-13(9-16)3-1-2-4-13/h7-8H,1-6,9H2,(H,17,18). The molecule has 0 aromatic carbocycles. The molecule has 2 fully saturated rings. The summed E-state index contributed by atoms with van der Waals surface area (Å²) in [4.78, 5) is 21.0. The van der Waals surface area contributed by atoms with E-state index in [-0.39, 0.29) is 11.3 Å². The highest BCUT2D eigenvalue weighted by Gasteiger charge is 2.39. The third-order valence-corrected chi connectivity index (χ3v) is 3.94. The van der Waals surface area contributed by atoms with Crippen LogP contribution in [0.5, 0.6) is 0 Å². The van der Waals surface area contributed by atoms with E-state index in [1.54, 1.807) is 0 Å². The fourth-order valence-corrected chi connectivity index (χ4v) is 2.96. The first-order valence-corrected chi connectivity index (χ1v) is 6.63. The van der Waals surface area contributed by atoms with Crippen molar-refractivity contribution in [1.29, 1.82) is 0 Å². The summed E-state index contributed by atoms with van der Waals surface area (Å²) in [6, 6.07) is 0. The van der Waals surface area contributed by atoms with Gasteiger partial charge in [-0.1, -0.05) is 12.8 Å². The van der Waals surface area contributed by atoms with Crippen molar-refractivity contribution in [3.63, 3.8) is 0 Å². The average Bonchev–Trinajstić information content (AvgIpc) is 2.87. The van der Waals surface area contributed by atoms with Crippen molar-refractivity contribution >= 4 is 11.8 Å². The Balaban J connectivity index is 1.76. The number of carbonyl (C=O) groups is 1. The van der Waals surface area contributed by atoms with Crippen molar-refractivity contribution in [3.8, 4) is 0 Å². The van der Waals surface area contributed by atoms with Crippen LogP contribution in [-0.4, -0.2) is 46.3 Å². The Kier molecular flexibility index (Phi) is 3.10. The van der Waals surface area contributed by atoms with Crippen LogP contribution in [0, 0.1) is 0 Å². The van der Waals surface area contributed by atoms with Crippen molar-refractivity contribution in [3.05, 3.63) is 18.1 Å². The van der Waals surface area contributed by atoms with Crippen molar-refractivity contribution < 1.29 is 14.6 Å². The van der Waals surface area contributed by atoms with Crippen LogP contribution in [0.25, 0.3) is 0 Å². The number of carboxylic acids is 1. The molecule has 1 spiro atoms. The maximum absolute atomic E-state index is 10.8. The van der Waals surface area contributed by atoms with E-state index in [4.69, 9.17) is 9.84 Å². The van der Waals surface area contributed by atoms with Gasteiger partial charge in [0, 0.05) is 13.1 Å². The fraction of sp³-hybridized carbons (Fsp3) is 0.615. The lowest BCUT2D eigenvalue weighted by Crippen LogP contribution is -2.50. The third kappa shape index (κ3) is 2.40. The van der Waals surface area contributed by atoms with Gasteiger partial charge in [-0.2, -0.15) is 0 Å². The Bertz CT molecular complexity index is 469. The van der Waals surface area contributed by atoms with Gasteiger partial charge in [-0.3, -0.25) is 0 Å². The highest BCUT2D eigenvalue weighted by atomic mass is 16.5. The van der Waals surface area contributed by atoms with Gasteiger partial charge in [0.25, 0.3) is 0 Å². The highest BCUT2D eigenvalue weighted by molar-refractivity contribution is 5.84. The topological polar surface area (TPSA) is 75.5 Å². The number of nitrogens with zero attached hydrogens (tertiary/aromatic N) is 3. The van der Waals surface area contributed by atoms with Crippen molar-refractivity contribution in [2.75, 3.05) is 24.6 Å². The number of aromatic carboxylic acids is 1. The summed E-state index contributed by atoms with van der Waals surface area (Å²) in [5.41, 5.74) is -0.0432. The van der Waals surface area contributed by atoms with E-state index >= 15 is 0 Å². The third-order valence-electron chi connectivity index (χ3n) is 3.94. The Morgan fingerprint density at radius 2 is 2.11 bits per heavy atom. The van der Waals surface area contributed by atoms with Gasteiger partial charge in [0.1, 0.15) is 5.82 Å². The number of morpholine rings is 1. The minimum Gasteiger partial charge on any atom is -0.476 e. The summed E-state index contributed by atoms with van der Waals surface area (Å²) in [6.45, 7) is 2.30. The second kappa shape index (κ2) is 4.77. The summed E-state index contributed by atoms with van der Waals surface area (Å²) in [5.74, 6) is -0.312. The quantitative estimate of drug-likeness (QED) is 0.867. The molecule has 1 saturated heterocycles. The Morgan fingerprint density at radius 3 is 2.74 bits per heavy atom. The molecule has 1 saturated carbocycles. The lowest BCUT2D eigenvalue weighted by Gasteiger charge is -2.40. The first kappa shape index (κ1) is 12.3. The molecule has 2 aliphatic rings. The largest absolute Gasteiger partial charge is 0.476 e. The average molecular weight is 263 g/mol. The normalized spacial score (nSPS) is 21.8. The second-order valence-electron chi connectivity index (χ2n) is 5.23. The molecule has 1 aliphatic carbocycles. The van der Waals surface area contributed by atoms with Crippen molar-refractivity contribution in [2.24, 2.45) is 0 Å². The molecular formula is C13H17N3O3. The van der Waals surface area contributed by atoms with Gasteiger partial charge < -0.3 is 14.7 Å². The molecular weight excluding hydrogens is 246 g/mol. The zero-order valence-electron chi connectivity index (χ0n) is 10.7. The van der Waals surface area contributed by atoms with Gasteiger partial charge in [-0.25, -0.2) is 14.8 Å². The summed E-state index contributed by atoms with van der Waals surface area (Å²) in [7, 11) is 0. The van der Waals surface area contributed by atoms with Gasteiger partial charge in [-0.05, 0) is 12.8 Å². The van der Waals surface area contributed by atoms with E-state index in [1.165, 1.54) is 25.2 Å². The predicted octanol–water partition coefficient (Wildman–Crippen LogP) is 1.32. The van der Waals surface area contributed by atoms with Crippen molar-refractivity contribution in [2.45, 2.75) is 31.3 Å². The van der Waals surface area contributed by atoms with E-state index in [9.17, 15) is 4.79 Å². The molecule has 0 unspecified atom stereocenters. The maximum Gasteiger partial charge on any atom is 0.356 e. The molecule has 2 heterocycles. The van der Waals surface area contributed by atoms with Gasteiger partial charge in [0.2, 0.25) is 0 Å². The number of aromatic nitrogens is 2. The molecule has 3 rings (SSSR count). The fourth-order valence-electron chi connectivity index (χ4n) is 2.96. The van der Waals surface area contributed by atoms with Crippen LogP contribution in [0.4, 0.5) is 5.82 Å². The molecule has 0 amide bonds. The summed E-state index contributed by atoms with van der Waals surface area (Å²) in [5, 5.41) is 8.82. The molecule has 1 aromatic rings. The molecule has 102 valence electrons. The van der Waals surface area contributed by atoms with Crippen LogP contribution in [0.3, 0.4) is 0 Å². The first-order chi connectivity index (χ1) is 9.19. The van der Waals surface area contributed by atoms with Crippen LogP contribution in [0.15, 0.2) is 12.4 Å². The number of anilines is 1. The number of hydrogen-bond donors (Lipinski definition) is 1. The second-order valence-corrected chi connectivity index (χ2v) is 5.23. The van der Waals surface area contributed by atoms with Gasteiger partial charge in [-0.15, -0.1) is 0 Å². The lowest BCUT2D eigenvalue weighted by atomic mass is 10.00. The maximum atomic E-state index is 10.8. The molecule has 1 aliphatic heterocycles. The number of hydrogen-bond acceptors (Lipinski definition) is 5. The predicted molar refractivity (Wildman–Crippen MR) is 68.4 cm³/mol. The summed E-state index contributed by atoms with van der Waals surface area (Å²) >= 11 is 0. The zero-order valence-corrected chi connectivity index (χ0v) is 10.7. The highest BCUT2D eigenvalue weighted by Crippen LogP contribution is 2.36. The van der Waals surface area contributed by atoms with E-state index in [0.717, 1.165) is 31.7 Å². The zero-order chi connectivity index (χ0) is 13.3. The van der Waals surface area contributed by atoms with E-state index in [1.807, 2.05) is 0 Å². The van der Waals surface area contributed by atoms with Gasteiger partial charge in [0.05, 0.1) is 24.6 Å². The summed E-state index contributed by atoms with van der Waals surface area (Å²) in [6.07, 6.45) is 7.50. The monoisotopic (exact) mass is 263 g/mol. The molecule has 0 radical (unpaired) electrons. The molecule has 0 atom stereocenters. The minimum absolute atomic E-state index is 0.0208. The van der Waals surface area contributed by atoms with E-state index in [0.29, 0.717) is 6.61 Å². The smallest absolute Gasteiger partial charge is 0.356 e. The van der Waals surface area contributed by atoms with Gasteiger partial charge >= 0.3 is 5.97 Å². The van der Waals surface area contributed by atoms with Gasteiger partial charge in [0.15, 0.2) is 5.69 Å². The van der Waals surface area contributed by atoms with Crippen LogP contribution >= 0.6 is 0 Å². The molecule has 6 nitrogen and oxygen atoms in total. The Morgan fingerprint density at radius 1 is 1.32 bits per heavy atom. The summed E-state index contributed by atoms with van der Waals surface area (Å²) < 4.78 is 5.96. The lowest BCUT2D eigenvalue weighted by molar-refractivity contribution is -0.0503. The van der Waals surface area contributed by atoms with Crippen LogP contribution in [0.2, 0.25) is 0 Å². The Hall–Kier alpha value is -1.69. The molecule has 0 bridgehead atoms. The number of ether oxygens (including phenoxy) is 1.